The number of unbranched alkanes of at least 4 members (excludes halogenated alkanes) is 27. The van der Waals surface area contributed by atoms with Gasteiger partial charge in [-0.25, -0.2) is 0 Å². The van der Waals surface area contributed by atoms with Crippen LogP contribution in [0.5, 0.6) is 0 Å². The summed E-state index contributed by atoms with van der Waals surface area (Å²) in [5.41, 5.74) is 0. The Morgan fingerprint density at radius 1 is 0.258 bits per heavy atom. The minimum absolute atomic E-state index is 0.00336. The van der Waals surface area contributed by atoms with Crippen LogP contribution in [0.3, 0.4) is 0 Å². The maximum Gasteiger partial charge on any atom is 0.307 e. The van der Waals surface area contributed by atoms with E-state index in [-0.39, 0.29) is 43.0 Å². The molecular weight excluding hydrogens is 1230 g/mol. The highest BCUT2D eigenvalue weighted by atomic mass is 32.2. The minimum atomic E-state index is -0.214. The highest BCUT2D eigenvalue weighted by Gasteiger charge is 2.22. The third-order valence-electron chi connectivity index (χ3n) is 15.7. The summed E-state index contributed by atoms with van der Waals surface area (Å²) in [6, 6.07) is 0. The third-order valence-corrected chi connectivity index (χ3v) is 24.2. The first-order valence-electron chi connectivity index (χ1n) is 36.6. The van der Waals surface area contributed by atoms with E-state index in [1.54, 1.807) is 0 Å². The number of thioether (sulfide) groups is 6. The SMILES string of the molecule is CCCCCCCCCCCCOCCSC(C)(C)SCCOC(=O)CCN(CCC)CCCN(CCC(=O)OCCSC(C)(C)SCCOCCCCCCCCCCCC)CCC(=O)OCCSC(C)(C)SCCOCCCCCCCCCCCC. The van der Waals surface area contributed by atoms with Crippen molar-refractivity contribution in [3.8, 4) is 0 Å². The van der Waals surface area contributed by atoms with Gasteiger partial charge in [-0.3, -0.25) is 14.4 Å². The van der Waals surface area contributed by atoms with Crippen LogP contribution >= 0.6 is 70.6 Å². The second-order valence-electron chi connectivity index (χ2n) is 25.6. The molecule has 0 unspecified atom stereocenters. The van der Waals surface area contributed by atoms with Gasteiger partial charge in [0.25, 0.3) is 0 Å². The lowest BCUT2D eigenvalue weighted by Crippen LogP contribution is -2.34. The number of esters is 3. The summed E-state index contributed by atoms with van der Waals surface area (Å²) in [6.07, 6.45) is 42.7. The van der Waals surface area contributed by atoms with E-state index in [0.29, 0.717) is 45.9 Å². The Labute approximate surface area is 576 Å². The van der Waals surface area contributed by atoms with Gasteiger partial charge in [-0.05, 0) is 93.3 Å². The standard InChI is InChI=1S/C72H142N2O9S6/c1-11-15-18-21-24-27-30-33-36-39-52-78-55-61-84-70(5,6)87-64-58-81-67(75)43-49-73(46-14-4)47-42-48-74(50-44-68(76)82-59-65-88-71(7,8)85-62-56-79-53-40-37-34-31-28-25-22-19-16-12-2)51-45-69(77)83-60-66-89-72(9,10)86-63-57-80-54-41-38-35-32-29-26-23-20-17-13-3/h11-66H2,1-10H3. The topological polar surface area (TPSA) is 113 Å². The Morgan fingerprint density at radius 2 is 0.483 bits per heavy atom. The minimum Gasteiger partial charge on any atom is -0.465 e. The van der Waals surface area contributed by atoms with Crippen LogP contribution in [0.15, 0.2) is 0 Å². The van der Waals surface area contributed by atoms with E-state index < -0.39 is 0 Å². The molecule has 0 atom stereocenters. The maximum atomic E-state index is 13.1. The summed E-state index contributed by atoms with van der Waals surface area (Å²) in [5.74, 6) is 4.50. The fraction of sp³-hybridized carbons (Fsp3) is 0.958. The number of nitrogens with zero attached hydrogens (tertiary/aromatic N) is 2. The van der Waals surface area contributed by atoms with Crippen molar-refractivity contribution in [1.82, 2.24) is 9.80 Å². The summed E-state index contributed by atoms with van der Waals surface area (Å²) in [7, 11) is 0. The third kappa shape index (κ3) is 66.7. The van der Waals surface area contributed by atoms with E-state index in [4.69, 9.17) is 28.4 Å². The van der Waals surface area contributed by atoms with Gasteiger partial charge < -0.3 is 38.2 Å². The van der Waals surface area contributed by atoms with E-state index in [0.717, 1.165) is 126 Å². The van der Waals surface area contributed by atoms with Crippen molar-refractivity contribution < 1.29 is 42.8 Å². The number of hydrogen-bond acceptors (Lipinski definition) is 17. The Hall–Kier alpha value is 0.310. The zero-order valence-corrected chi connectivity index (χ0v) is 64.5. The van der Waals surface area contributed by atoms with Crippen molar-refractivity contribution in [1.29, 1.82) is 0 Å². The molecule has 0 N–H and O–H groups in total. The highest BCUT2D eigenvalue weighted by molar-refractivity contribution is 8.19. The summed E-state index contributed by atoms with van der Waals surface area (Å²) in [4.78, 5) is 43.7. The molecule has 0 aliphatic heterocycles. The van der Waals surface area contributed by atoms with Crippen molar-refractivity contribution in [2.75, 3.05) is 133 Å². The zero-order chi connectivity index (χ0) is 65.5. The van der Waals surface area contributed by atoms with Crippen LogP contribution in [0.4, 0.5) is 0 Å². The van der Waals surface area contributed by atoms with E-state index >= 15 is 0 Å². The van der Waals surface area contributed by atoms with Gasteiger partial charge in [-0.15, -0.1) is 70.6 Å². The molecule has 0 fully saturated rings. The molecule has 0 aromatic carbocycles. The van der Waals surface area contributed by atoms with Gasteiger partial charge in [-0.2, -0.15) is 0 Å². The molecule has 0 saturated carbocycles. The van der Waals surface area contributed by atoms with Gasteiger partial charge in [-0.1, -0.05) is 201 Å². The first-order valence-corrected chi connectivity index (χ1v) is 42.5. The van der Waals surface area contributed by atoms with Gasteiger partial charge in [0.15, 0.2) is 0 Å². The lowest BCUT2D eigenvalue weighted by Gasteiger charge is -2.25. The predicted molar refractivity (Wildman–Crippen MR) is 399 cm³/mol. The Balaban J connectivity index is 4.87. The molecule has 0 saturated heterocycles. The number of rotatable bonds is 72. The molecule has 0 aliphatic rings. The molecule has 530 valence electrons. The number of carbonyl (C=O) groups excluding carboxylic acids is 3. The van der Waals surface area contributed by atoms with Crippen molar-refractivity contribution in [2.45, 2.75) is 306 Å². The molecule has 0 aliphatic carbocycles. The molecule has 89 heavy (non-hydrogen) atoms. The van der Waals surface area contributed by atoms with Crippen LogP contribution in [0.25, 0.3) is 0 Å². The van der Waals surface area contributed by atoms with Gasteiger partial charge in [0.1, 0.15) is 19.8 Å². The lowest BCUT2D eigenvalue weighted by molar-refractivity contribution is -0.144. The molecule has 17 heteroatoms. The molecule has 0 radical (unpaired) electrons. The summed E-state index contributed by atoms with van der Waals surface area (Å²) >= 11 is 11.2. The summed E-state index contributed by atoms with van der Waals surface area (Å²) in [5, 5.41) is 0. The highest BCUT2D eigenvalue weighted by Crippen LogP contribution is 2.38. The summed E-state index contributed by atoms with van der Waals surface area (Å²) < 4.78 is 35.1. The van der Waals surface area contributed by atoms with Crippen molar-refractivity contribution in [3.63, 3.8) is 0 Å². The largest absolute Gasteiger partial charge is 0.465 e. The molecule has 0 bridgehead atoms. The maximum absolute atomic E-state index is 13.1. The molecule has 0 spiro atoms. The fourth-order valence-corrected chi connectivity index (χ4v) is 16.9. The van der Waals surface area contributed by atoms with Crippen molar-refractivity contribution >= 4 is 88.5 Å². The van der Waals surface area contributed by atoms with Crippen molar-refractivity contribution in [2.24, 2.45) is 0 Å². The molecule has 0 aromatic heterocycles. The number of ether oxygens (including phenoxy) is 6. The molecule has 0 aromatic rings. The zero-order valence-electron chi connectivity index (χ0n) is 59.6. The first kappa shape index (κ1) is 89.3. The Bertz CT molecular complexity index is 1490. The molecule has 0 amide bonds. The van der Waals surface area contributed by atoms with Gasteiger partial charge in [0, 0.05) is 74.0 Å². The average molecular weight is 1370 g/mol. The van der Waals surface area contributed by atoms with Crippen LogP contribution in [-0.2, 0) is 42.8 Å². The smallest absolute Gasteiger partial charge is 0.307 e. The van der Waals surface area contributed by atoms with Crippen molar-refractivity contribution in [3.05, 3.63) is 0 Å². The Morgan fingerprint density at radius 3 is 0.730 bits per heavy atom. The Kier molecular flexibility index (Phi) is 65.8. The van der Waals surface area contributed by atoms with Crippen LogP contribution in [0, 0.1) is 0 Å². The quantitative estimate of drug-likeness (QED) is 0.0249. The van der Waals surface area contributed by atoms with Crippen LogP contribution < -0.4 is 0 Å². The van der Waals surface area contributed by atoms with E-state index in [9.17, 15) is 14.4 Å². The van der Waals surface area contributed by atoms with Gasteiger partial charge in [0.05, 0.1) is 51.3 Å². The van der Waals surface area contributed by atoms with Gasteiger partial charge >= 0.3 is 17.9 Å². The normalized spacial score (nSPS) is 12.3. The molecule has 0 heterocycles. The van der Waals surface area contributed by atoms with Crippen LogP contribution in [0.1, 0.15) is 294 Å². The first-order chi connectivity index (χ1) is 43.1. The van der Waals surface area contributed by atoms with Crippen LogP contribution in [0.2, 0.25) is 0 Å². The van der Waals surface area contributed by atoms with E-state index in [1.165, 1.54) is 173 Å². The summed E-state index contributed by atoms with van der Waals surface area (Å²) in [6.45, 7) is 32.5. The van der Waals surface area contributed by atoms with E-state index in [2.05, 4.69) is 79.0 Å². The number of carbonyl (C=O) groups is 3. The molecule has 0 rings (SSSR count). The fourth-order valence-electron chi connectivity index (χ4n) is 10.3. The molecule has 11 nitrogen and oxygen atoms in total. The molecular formula is C72H142N2O9S6. The van der Waals surface area contributed by atoms with Crippen LogP contribution in [-0.4, -0.2) is 173 Å². The van der Waals surface area contributed by atoms with Gasteiger partial charge in [0.2, 0.25) is 0 Å². The second kappa shape index (κ2) is 65.6. The average Bonchev–Trinajstić information content (AvgIpc) is 3.64. The number of hydrogen-bond donors (Lipinski definition) is 0. The predicted octanol–water partition coefficient (Wildman–Crippen LogP) is 20.6. The van der Waals surface area contributed by atoms with E-state index in [1.807, 2.05) is 70.6 Å². The lowest BCUT2D eigenvalue weighted by atomic mass is 10.1. The monoisotopic (exact) mass is 1370 g/mol. The second-order valence-corrected chi connectivity index (χ2v) is 36.7.